The van der Waals surface area contributed by atoms with E-state index in [1.807, 2.05) is 21.1 Å². The molecule has 1 unspecified atom stereocenters. The first-order valence-corrected chi connectivity index (χ1v) is 10.5. The molecule has 158 valence electrons. The van der Waals surface area contributed by atoms with E-state index in [9.17, 15) is 4.79 Å². The van der Waals surface area contributed by atoms with Gasteiger partial charge in [0.2, 0.25) is 0 Å². The van der Waals surface area contributed by atoms with E-state index in [-0.39, 0.29) is 6.03 Å². The summed E-state index contributed by atoms with van der Waals surface area (Å²) in [6.07, 6.45) is 2.25. The minimum absolute atomic E-state index is 0.0131. The van der Waals surface area contributed by atoms with Crippen molar-refractivity contribution in [2.75, 3.05) is 58.9 Å². The fourth-order valence-corrected chi connectivity index (χ4v) is 3.91. The fourth-order valence-electron chi connectivity index (χ4n) is 3.91. The lowest BCUT2D eigenvalue weighted by atomic mass is 9.92. The Morgan fingerprint density at radius 3 is 2.25 bits per heavy atom. The summed E-state index contributed by atoms with van der Waals surface area (Å²) in [7, 11) is 5.91. The molecule has 1 N–H and O–H groups in total. The Hall–Kier alpha value is -1.79. The van der Waals surface area contributed by atoms with Crippen LogP contribution in [0.25, 0.3) is 0 Å². The first-order chi connectivity index (χ1) is 13.5. The van der Waals surface area contributed by atoms with Gasteiger partial charge in [-0.25, -0.2) is 4.79 Å². The third-order valence-corrected chi connectivity index (χ3v) is 5.79. The van der Waals surface area contributed by atoms with Gasteiger partial charge in [-0.15, -0.1) is 0 Å². The molecule has 1 fully saturated rings. The van der Waals surface area contributed by atoms with E-state index in [4.69, 9.17) is 4.74 Å². The van der Waals surface area contributed by atoms with E-state index < -0.39 is 0 Å². The molecule has 0 spiro atoms. The molecule has 1 atom stereocenters. The fraction of sp³-hybridized carbons (Fsp3) is 0.682. The maximum atomic E-state index is 12.7. The minimum atomic E-state index is -0.0131. The van der Waals surface area contributed by atoms with Gasteiger partial charge in [-0.1, -0.05) is 38.8 Å². The zero-order valence-electron chi connectivity index (χ0n) is 18.3. The van der Waals surface area contributed by atoms with Gasteiger partial charge < -0.3 is 19.9 Å². The van der Waals surface area contributed by atoms with Crippen LogP contribution < -0.4 is 10.2 Å². The van der Waals surface area contributed by atoms with Crippen LogP contribution in [0.15, 0.2) is 24.3 Å². The van der Waals surface area contributed by atoms with Crippen molar-refractivity contribution in [2.24, 2.45) is 5.92 Å². The lowest BCUT2D eigenvalue weighted by Crippen LogP contribution is -2.53. The van der Waals surface area contributed by atoms with Crippen molar-refractivity contribution >= 4 is 11.7 Å². The second-order valence-electron chi connectivity index (χ2n) is 7.90. The van der Waals surface area contributed by atoms with Crippen molar-refractivity contribution in [3.05, 3.63) is 29.8 Å². The first-order valence-electron chi connectivity index (χ1n) is 10.5. The largest absolute Gasteiger partial charge is 0.379 e. The van der Waals surface area contributed by atoms with Gasteiger partial charge in [-0.3, -0.25) is 4.90 Å². The lowest BCUT2D eigenvalue weighted by molar-refractivity contribution is 0.00215. The lowest BCUT2D eigenvalue weighted by Gasteiger charge is -2.39. The highest BCUT2D eigenvalue weighted by molar-refractivity contribution is 5.73. The molecule has 2 rings (SSSR count). The Kier molecular flexibility index (Phi) is 9.06. The molecular formula is C22H38N4O2. The number of carbonyl (C=O) groups excluding carboxylic acids is 1. The molecule has 0 aromatic heterocycles. The van der Waals surface area contributed by atoms with E-state index in [1.54, 1.807) is 4.90 Å². The van der Waals surface area contributed by atoms with Crippen molar-refractivity contribution in [3.8, 4) is 0 Å². The monoisotopic (exact) mass is 390 g/mol. The van der Waals surface area contributed by atoms with E-state index >= 15 is 0 Å². The summed E-state index contributed by atoms with van der Waals surface area (Å²) < 4.78 is 5.51. The molecule has 1 aromatic carbocycles. The van der Waals surface area contributed by atoms with Crippen LogP contribution in [-0.2, 0) is 11.3 Å². The van der Waals surface area contributed by atoms with Gasteiger partial charge >= 0.3 is 6.03 Å². The van der Waals surface area contributed by atoms with Crippen LogP contribution in [0.1, 0.15) is 32.3 Å². The minimum Gasteiger partial charge on any atom is -0.379 e. The second kappa shape index (κ2) is 11.3. The highest BCUT2D eigenvalue weighted by atomic mass is 16.5. The summed E-state index contributed by atoms with van der Waals surface area (Å²) in [5.74, 6) is 0.585. The van der Waals surface area contributed by atoms with E-state index in [0.717, 1.165) is 50.4 Å². The molecule has 1 aliphatic rings. The highest BCUT2D eigenvalue weighted by Gasteiger charge is 2.27. The number of anilines is 1. The number of hydrogen-bond donors (Lipinski definition) is 1. The van der Waals surface area contributed by atoms with Crippen molar-refractivity contribution in [1.82, 2.24) is 15.1 Å². The number of morpholine rings is 1. The number of amides is 2. The number of hydrogen-bond acceptors (Lipinski definition) is 4. The van der Waals surface area contributed by atoms with Crippen molar-refractivity contribution < 1.29 is 9.53 Å². The normalized spacial score (nSPS) is 16.1. The van der Waals surface area contributed by atoms with Crippen LogP contribution in [-0.4, -0.2) is 75.9 Å². The molecule has 0 radical (unpaired) electrons. The second-order valence-corrected chi connectivity index (χ2v) is 7.90. The number of rotatable bonds is 9. The molecule has 1 saturated heterocycles. The average molecular weight is 391 g/mol. The molecule has 28 heavy (non-hydrogen) atoms. The number of urea groups is 1. The third kappa shape index (κ3) is 6.38. The Morgan fingerprint density at radius 1 is 1.11 bits per heavy atom. The van der Waals surface area contributed by atoms with E-state index in [2.05, 4.69) is 53.2 Å². The zero-order chi connectivity index (χ0) is 20.5. The maximum absolute atomic E-state index is 12.7. The summed E-state index contributed by atoms with van der Waals surface area (Å²) in [5, 5.41) is 3.18. The van der Waals surface area contributed by atoms with Crippen LogP contribution in [0.2, 0.25) is 0 Å². The smallest absolute Gasteiger partial charge is 0.317 e. The molecule has 0 bridgehead atoms. The van der Waals surface area contributed by atoms with Gasteiger partial charge in [0.25, 0.3) is 0 Å². The number of nitrogens with one attached hydrogen (secondary N) is 1. The summed E-state index contributed by atoms with van der Waals surface area (Å²) in [6.45, 7) is 9.25. The van der Waals surface area contributed by atoms with Crippen molar-refractivity contribution in [3.63, 3.8) is 0 Å². The van der Waals surface area contributed by atoms with Gasteiger partial charge in [0.15, 0.2) is 0 Å². The van der Waals surface area contributed by atoms with E-state index in [0.29, 0.717) is 25.0 Å². The van der Waals surface area contributed by atoms with Crippen LogP contribution in [0, 0.1) is 5.92 Å². The maximum Gasteiger partial charge on any atom is 0.317 e. The topological polar surface area (TPSA) is 48.1 Å². The van der Waals surface area contributed by atoms with Gasteiger partial charge in [-0.2, -0.15) is 0 Å². The predicted octanol–water partition coefficient (Wildman–Crippen LogP) is 3.03. The predicted molar refractivity (Wildman–Crippen MR) is 116 cm³/mol. The number of nitrogens with zero attached hydrogens (tertiary/aromatic N) is 3. The van der Waals surface area contributed by atoms with Crippen molar-refractivity contribution in [1.29, 1.82) is 0 Å². The molecular weight excluding hydrogens is 352 g/mol. The molecule has 1 aliphatic heterocycles. The summed E-state index contributed by atoms with van der Waals surface area (Å²) in [4.78, 5) is 19.0. The number of ether oxygens (including phenoxy) is 1. The van der Waals surface area contributed by atoms with Crippen LogP contribution in [0.3, 0.4) is 0 Å². The molecule has 1 aromatic rings. The Labute approximate surface area is 170 Å². The van der Waals surface area contributed by atoms with Crippen LogP contribution >= 0.6 is 0 Å². The zero-order valence-corrected chi connectivity index (χ0v) is 18.3. The van der Waals surface area contributed by atoms with Crippen LogP contribution in [0.5, 0.6) is 0 Å². The molecule has 0 saturated carbocycles. The van der Waals surface area contributed by atoms with Crippen LogP contribution in [0.4, 0.5) is 10.5 Å². The molecule has 6 nitrogen and oxygen atoms in total. The van der Waals surface area contributed by atoms with Gasteiger partial charge in [-0.05, 0) is 23.6 Å². The Bertz CT molecular complexity index is 581. The highest BCUT2D eigenvalue weighted by Crippen LogP contribution is 2.20. The summed E-state index contributed by atoms with van der Waals surface area (Å²) >= 11 is 0. The molecule has 0 aliphatic carbocycles. The van der Waals surface area contributed by atoms with Crippen molar-refractivity contribution in [2.45, 2.75) is 39.3 Å². The van der Waals surface area contributed by atoms with Gasteiger partial charge in [0.05, 0.1) is 13.2 Å². The average Bonchev–Trinajstić information content (AvgIpc) is 2.71. The summed E-state index contributed by atoms with van der Waals surface area (Å²) in [6, 6.07) is 8.70. The van der Waals surface area contributed by atoms with Gasteiger partial charge in [0.1, 0.15) is 0 Å². The number of benzene rings is 1. The molecule has 2 amide bonds. The Morgan fingerprint density at radius 2 is 1.71 bits per heavy atom. The SMILES string of the molecule is CCC(CC)C(CNC(=O)N(C)Cc1ccc(N(C)C)cc1)N1CCOCC1. The number of carbonyl (C=O) groups is 1. The Balaban J connectivity index is 1.91. The summed E-state index contributed by atoms with van der Waals surface area (Å²) in [5.41, 5.74) is 2.29. The quantitative estimate of drug-likeness (QED) is 0.704. The first kappa shape index (κ1) is 22.5. The van der Waals surface area contributed by atoms with Gasteiger partial charge in [0, 0.05) is 59.1 Å². The standard InChI is InChI=1S/C22H38N4O2/c1-6-19(7-2)21(26-12-14-28-15-13-26)16-23-22(27)25(5)17-18-8-10-20(11-9-18)24(3)4/h8-11,19,21H,6-7,12-17H2,1-5H3,(H,23,27). The molecule has 6 heteroatoms. The molecule has 1 heterocycles. The third-order valence-electron chi connectivity index (χ3n) is 5.79. The van der Waals surface area contributed by atoms with E-state index in [1.165, 1.54) is 0 Å².